The van der Waals surface area contributed by atoms with Crippen LogP contribution in [-0.4, -0.2) is 42.6 Å². The molecule has 0 radical (unpaired) electrons. The molecule has 18 heavy (non-hydrogen) atoms. The van der Waals surface area contributed by atoms with Gasteiger partial charge >= 0.3 is 0 Å². The second kappa shape index (κ2) is 10.2. The fourth-order valence-corrected chi connectivity index (χ4v) is 2.01. The van der Waals surface area contributed by atoms with Gasteiger partial charge in [0.15, 0.2) is 5.96 Å². The van der Waals surface area contributed by atoms with Crippen molar-refractivity contribution in [3.05, 3.63) is 0 Å². The van der Waals surface area contributed by atoms with Crippen molar-refractivity contribution in [2.45, 2.75) is 66.0 Å². The maximum Gasteiger partial charge on any atom is 0.188 e. The van der Waals surface area contributed by atoms with Crippen molar-refractivity contribution in [2.24, 2.45) is 10.7 Å². The first-order chi connectivity index (χ1) is 8.49. The molecule has 108 valence electrons. The molecule has 0 amide bonds. The van der Waals surface area contributed by atoms with Crippen molar-refractivity contribution >= 4 is 5.96 Å². The van der Waals surface area contributed by atoms with Crippen molar-refractivity contribution in [3.63, 3.8) is 0 Å². The summed E-state index contributed by atoms with van der Waals surface area (Å²) < 4.78 is 0. The summed E-state index contributed by atoms with van der Waals surface area (Å²) >= 11 is 0. The first kappa shape index (κ1) is 17.2. The molecule has 0 saturated heterocycles. The summed E-state index contributed by atoms with van der Waals surface area (Å²) in [4.78, 5) is 6.83. The van der Waals surface area contributed by atoms with Crippen molar-refractivity contribution in [1.82, 2.24) is 10.2 Å². The van der Waals surface area contributed by atoms with E-state index in [9.17, 15) is 0 Å². The van der Waals surface area contributed by atoms with E-state index < -0.39 is 0 Å². The van der Waals surface area contributed by atoms with Crippen LogP contribution in [0.1, 0.15) is 53.9 Å². The second-order valence-electron chi connectivity index (χ2n) is 5.33. The minimum Gasteiger partial charge on any atom is -0.370 e. The van der Waals surface area contributed by atoms with Gasteiger partial charge in [0.1, 0.15) is 0 Å². The quantitative estimate of drug-likeness (QED) is 0.378. The van der Waals surface area contributed by atoms with E-state index in [1.165, 1.54) is 6.42 Å². The Morgan fingerprint density at radius 2 is 1.78 bits per heavy atom. The Labute approximate surface area is 113 Å². The number of nitrogens with one attached hydrogen (secondary N) is 1. The molecule has 0 bridgehead atoms. The molecule has 0 aromatic heterocycles. The van der Waals surface area contributed by atoms with Crippen LogP contribution in [0.4, 0.5) is 0 Å². The molecule has 0 atom stereocenters. The predicted molar refractivity (Wildman–Crippen MR) is 81.0 cm³/mol. The molecular formula is C14H32N4. The fourth-order valence-electron chi connectivity index (χ4n) is 2.01. The third-order valence-electron chi connectivity index (χ3n) is 3.02. The zero-order valence-electron chi connectivity index (χ0n) is 12.9. The molecule has 4 nitrogen and oxygen atoms in total. The van der Waals surface area contributed by atoms with Crippen LogP contribution in [0.15, 0.2) is 4.99 Å². The van der Waals surface area contributed by atoms with Crippen LogP contribution >= 0.6 is 0 Å². The number of unbranched alkanes of at least 4 members (excludes halogenated alkanes) is 1. The molecule has 0 fully saturated rings. The van der Waals surface area contributed by atoms with E-state index in [4.69, 9.17) is 5.73 Å². The van der Waals surface area contributed by atoms with E-state index in [1.54, 1.807) is 0 Å². The molecule has 0 aliphatic rings. The Kier molecular flexibility index (Phi) is 9.74. The molecular weight excluding hydrogens is 224 g/mol. The summed E-state index contributed by atoms with van der Waals surface area (Å²) in [5.74, 6) is 0.587. The van der Waals surface area contributed by atoms with Gasteiger partial charge in [-0.05, 0) is 40.5 Å². The van der Waals surface area contributed by atoms with Crippen LogP contribution in [0.5, 0.6) is 0 Å². The monoisotopic (exact) mass is 256 g/mol. The van der Waals surface area contributed by atoms with Crippen LogP contribution in [0.25, 0.3) is 0 Å². The van der Waals surface area contributed by atoms with E-state index >= 15 is 0 Å². The first-order valence-electron chi connectivity index (χ1n) is 7.28. The molecule has 0 aliphatic carbocycles. The van der Waals surface area contributed by atoms with E-state index in [1.807, 2.05) is 0 Å². The lowest BCUT2D eigenvalue weighted by atomic mass is 10.2. The minimum absolute atomic E-state index is 0.587. The zero-order chi connectivity index (χ0) is 14.0. The average Bonchev–Trinajstić information content (AvgIpc) is 2.28. The number of nitrogens with two attached hydrogens (primary N) is 1. The smallest absolute Gasteiger partial charge is 0.188 e. The summed E-state index contributed by atoms with van der Waals surface area (Å²) in [6.45, 7) is 13.9. The van der Waals surface area contributed by atoms with Gasteiger partial charge in [-0.3, -0.25) is 9.89 Å². The standard InChI is InChI=1S/C14H32N4/c1-6-7-9-16-14(15)17-10-8-11-18(12(2)3)13(4)5/h12-13H,6-11H2,1-5H3,(H3,15,16,17). The van der Waals surface area contributed by atoms with Gasteiger partial charge < -0.3 is 11.1 Å². The Bertz CT molecular complexity index is 216. The molecule has 0 aromatic carbocycles. The maximum absolute atomic E-state index is 5.78. The van der Waals surface area contributed by atoms with Gasteiger partial charge in [0, 0.05) is 31.7 Å². The maximum atomic E-state index is 5.78. The third kappa shape index (κ3) is 8.34. The van der Waals surface area contributed by atoms with E-state index in [2.05, 4.69) is 49.8 Å². The van der Waals surface area contributed by atoms with E-state index in [0.717, 1.165) is 32.5 Å². The normalized spacial score (nSPS) is 12.8. The van der Waals surface area contributed by atoms with Crippen molar-refractivity contribution in [1.29, 1.82) is 0 Å². The van der Waals surface area contributed by atoms with Crippen LogP contribution in [0.3, 0.4) is 0 Å². The Morgan fingerprint density at radius 1 is 1.17 bits per heavy atom. The molecule has 0 unspecified atom stereocenters. The number of hydrogen-bond acceptors (Lipinski definition) is 2. The summed E-state index contributed by atoms with van der Waals surface area (Å²) in [6.07, 6.45) is 3.38. The lowest BCUT2D eigenvalue weighted by Crippen LogP contribution is -2.38. The molecule has 0 aromatic rings. The van der Waals surface area contributed by atoms with Gasteiger partial charge in [-0.1, -0.05) is 13.3 Å². The van der Waals surface area contributed by atoms with Crippen molar-refractivity contribution in [2.75, 3.05) is 19.6 Å². The number of hydrogen-bond donors (Lipinski definition) is 2. The summed E-state index contributed by atoms with van der Waals surface area (Å²) in [6, 6.07) is 1.18. The predicted octanol–water partition coefficient (Wildman–Crippen LogP) is 2.20. The Balaban J connectivity index is 3.78. The number of nitrogens with zero attached hydrogens (tertiary/aromatic N) is 2. The van der Waals surface area contributed by atoms with Crippen LogP contribution in [0, 0.1) is 0 Å². The number of guanidine groups is 1. The highest BCUT2D eigenvalue weighted by Gasteiger charge is 2.11. The van der Waals surface area contributed by atoms with Crippen molar-refractivity contribution in [3.8, 4) is 0 Å². The highest BCUT2D eigenvalue weighted by atomic mass is 15.2. The summed E-state index contributed by atoms with van der Waals surface area (Å²) in [7, 11) is 0. The van der Waals surface area contributed by atoms with Gasteiger partial charge in [-0.2, -0.15) is 0 Å². The largest absolute Gasteiger partial charge is 0.370 e. The SMILES string of the molecule is CCCCNC(N)=NCCCN(C(C)C)C(C)C. The number of aliphatic imine (C=N–C) groups is 1. The number of rotatable bonds is 9. The third-order valence-corrected chi connectivity index (χ3v) is 3.02. The van der Waals surface area contributed by atoms with Gasteiger partial charge in [-0.25, -0.2) is 0 Å². The molecule has 0 aliphatic heterocycles. The topological polar surface area (TPSA) is 53.6 Å². The molecule has 4 heteroatoms. The summed E-state index contributed by atoms with van der Waals surface area (Å²) in [5, 5.41) is 3.13. The van der Waals surface area contributed by atoms with Gasteiger partial charge in [-0.15, -0.1) is 0 Å². The molecule has 3 N–H and O–H groups in total. The highest BCUT2D eigenvalue weighted by molar-refractivity contribution is 5.77. The Morgan fingerprint density at radius 3 is 2.28 bits per heavy atom. The molecule has 0 heterocycles. The van der Waals surface area contributed by atoms with Gasteiger partial charge in [0.25, 0.3) is 0 Å². The highest BCUT2D eigenvalue weighted by Crippen LogP contribution is 2.05. The van der Waals surface area contributed by atoms with E-state index in [0.29, 0.717) is 18.0 Å². The first-order valence-corrected chi connectivity index (χ1v) is 7.28. The summed E-state index contributed by atoms with van der Waals surface area (Å²) in [5.41, 5.74) is 5.78. The van der Waals surface area contributed by atoms with E-state index in [-0.39, 0.29) is 0 Å². The molecule has 0 rings (SSSR count). The zero-order valence-corrected chi connectivity index (χ0v) is 12.9. The van der Waals surface area contributed by atoms with Gasteiger partial charge in [0.2, 0.25) is 0 Å². The average molecular weight is 256 g/mol. The molecule has 0 spiro atoms. The fraction of sp³-hybridized carbons (Fsp3) is 0.929. The van der Waals surface area contributed by atoms with Crippen LogP contribution in [0.2, 0.25) is 0 Å². The molecule has 0 saturated carbocycles. The lowest BCUT2D eigenvalue weighted by Gasteiger charge is -2.30. The minimum atomic E-state index is 0.587. The Hall–Kier alpha value is -0.770. The lowest BCUT2D eigenvalue weighted by molar-refractivity contribution is 0.174. The van der Waals surface area contributed by atoms with Crippen molar-refractivity contribution < 1.29 is 0 Å². The van der Waals surface area contributed by atoms with Crippen LogP contribution < -0.4 is 11.1 Å². The van der Waals surface area contributed by atoms with Gasteiger partial charge in [0.05, 0.1) is 0 Å². The second-order valence-corrected chi connectivity index (χ2v) is 5.33. The van der Waals surface area contributed by atoms with Crippen LogP contribution in [-0.2, 0) is 0 Å².